The van der Waals surface area contributed by atoms with Gasteiger partial charge in [-0.2, -0.15) is 0 Å². The Kier molecular flexibility index (Phi) is 4.43. The summed E-state index contributed by atoms with van der Waals surface area (Å²) < 4.78 is 17.1. The highest BCUT2D eigenvalue weighted by atomic mass is 32.1. The summed E-state index contributed by atoms with van der Waals surface area (Å²) >= 11 is 1.25. The molecule has 6 rings (SSSR count). The van der Waals surface area contributed by atoms with Crippen molar-refractivity contribution in [2.24, 2.45) is 0 Å². The Balaban J connectivity index is 1.83. The first kappa shape index (κ1) is 20.4. The number of methoxy groups -OCH3 is 3. The summed E-state index contributed by atoms with van der Waals surface area (Å²) in [5.74, 6) is 1.20. The molecule has 3 aromatic heterocycles. The maximum atomic E-state index is 13.7. The van der Waals surface area contributed by atoms with Gasteiger partial charge in [0.15, 0.2) is 17.3 Å². The molecule has 0 amide bonds. The average Bonchev–Trinajstić information content (AvgIpc) is 3.38. The molecule has 0 atom stereocenters. The van der Waals surface area contributed by atoms with E-state index in [9.17, 15) is 9.59 Å². The van der Waals surface area contributed by atoms with Crippen molar-refractivity contribution in [1.29, 1.82) is 0 Å². The second-order valence-electron chi connectivity index (χ2n) is 7.69. The fourth-order valence-corrected chi connectivity index (χ4v) is 5.60. The molecule has 0 radical (unpaired) electrons. The van der Waals surface area contributed by atoms with Crippen LogP contribution in [0, 0.1) is 0 Å². The van der Waals surface area contributed by atoms with E-state index in [1.54, 1.807) is 18.2 Å². The first-order valence-corrected chi connectivity index (χ1v) is 11.2. The zero-order valence-electron chi connectivity index (χ0n) is 18.4. The van der Waals surface area contributed by atoms with E-state index >= 15 is 0 Å². The average molecular weight is 471 g/mol. The molecule has 34 heavy (non-hydrogen) atoms. The number of aromatic amines is 1. The predicted octanol–water partition coefficient (Wildman–Crippen LogP) is 4.44. The second kappa shape index (κ2) is 7.39. The topological polar surface area (TPSA) is 103 Å². The van der Waals surface area contributed by atoms with Crippen molar-refractivity contribution < 1.29 is 19.0 Å². The van der Waals surface area contributed by atoms with E-state index in [0.29, 0.717) is 65.6 Å². The van der Waals surface area contributed by atoms with E-state index in [-0.39, 0.29) is 11.3 Å². The van der Waals surface area contributed by atoms with Gasteiger partial charge in [-0.15, -0.1) is 11.3 Å². The highest BCUT2D eigenvalue weighted by Gasteiger charge is 2.34. The van der Waals surface area contributed by atoms with Gasteiger partial charge in [-0.3, -0.25) is 9.59 Å². The van der Waals surface area contributed by atoms with Gasteiger partial charge in [-0.05, 0) is 17.7 Å². The van der Waals surface area contributed by atoms with E-state index < -0.39 is 0 Å². The fraction of sp³-hybridized carbons (Fsp3) is 0.120. The quantitative estimate of drug-likeness (QED) is 0.405. The van der Waals surface area contributed by atoms with Crippen LogP contribution in [0.1, 0.15) is 15.9 Å². The van der Waals surface area contributed by atoms with Gasteiger partial charge in [0.25, 0.3) is 5.56 Å². The summed E-state index contributed by atoms with van der Waals surface area (Å²) in [5.41, 5.74) is 3.93. The molecule has 0 fully saturated rings. The lowest BCUT2D eigenvalue weighted by Crippen LogP contribution is -2.04. The summed E-state index contributed by atoms with van der Waals surface area (Å²) in [6, 6.07) is 11.0. The molecule has 0 saturated carbocycles. The van der Waals surface area contributed by atoms with Crippen LogP contribution < -0.4 is 19.8 Å². The van der Waals surface area contributed by atoms with E-state index in [1.807, 2.05) is 18.2 Å². The van der Waals surface area contributed by atoms with Gasteiger partial charge in [0.05, 0.1) is 44.4 Å². The molecule has 0 spiro atoms. The van der Waals surface area contributed by atoms with Gasteiger partial charge in [-0.25, -0.2) is 9.97 Å². The van der Waals surface area contributed by atoms with Crippen molar-refractivity contribution >= 4 is 37.6 Å². The number of nitrogens with zero attached hydrogens (tertiary/aromatic N) is 2. The number of thiophene rings is 1. The number of aromatic nitrogens is 3. The largest absolute Gasteiger partial charge is 0.493 e. The molecule has 1 N–H and O–H groups in total. The minimum atomic E-state index is -0.254. The summed E-state index contributed by atoms with van der Waals surface area (Å²) in [6.07, 6.45) is 1.36. The number of pyridine rings is 1. The van der Waals surface area contributed by atoms with Gasteiger partial charge in [-0.1, -0.05) is 24.3 Å². The van der Waals surface area contributed by atoms with Crippen LogP contribution in [0.25, 0.3) is 42.8 Å². The van der Waals surface area contributed by atoms with Crippen molar-refractivity contribution in [3.63, 3.8) is 0 Å². The van der Waals surface area contributed by atoms with Crippen LogP contribution in [-0.2, 0) is 0 Å². The molecule has 0 aliphatic heterocycles. The predicted molar refractivity (Wildman–Crippen MR) is 130 cm³/mol. The van der Waals surface area contributed by atoms with Crippen LogP contribution in [0.2, 0.25) is 0 Å². The van der Waals surface area contributed by atoms with Gasteiger partial charge in [0, 0.05) is 22.1 Å². The van der Waals surface area contributed by atoms with E-state index in [4.69, 9.17) is 19.2 Å². The van der Waals surface area contributed by atoms with Crippen molar-refractivity contribution in [2.75, 3.05) is 21.3 Å². The smallest absolute Gasteiger partial charge is 0.268 e. The van der Waals surface area contributed by atoms with E-state index in [0.717, 1.165) is 5.56 Å². The lowest BCUT2D eigenvalue weighted by Gasteiger charge is -2.16. The monoisotopic (exact) mass is 471 g/mol. The number of carbonyl (C=O) groups is 1. The molecule has 2 aromatic carbocycles. The van der Waals surface area contributed by atoms with Crippen LogP contribution in [-0.4, -0.2) is 42.1 Å². The summed E-state index contributed by atoms with van der Waals surface area (Å²) in [4.78, 5) is 38.8. The number of benzene rings is 2. The van der Waals surface area contributed by atoms with E-state index in [1.165, 1.54) is 39.0 Å². The molecule has 5 aromatic rings. The number of H-pyrrole nitrogens is 1. The lowest BCUT2D eigenvalue weighted by molar-refractivity contribution is 0.104. The number of nitrogens with one attached hydrogen (secondary N) is 1. The zero-order valence-corrected chi connectivity index (χ0v) is 19.2. The number of carbonyl (C=O) groups excluding carboxylic acids is 1. The Bertz CT molecular complexity index is 1690. The molecule has 9 heteroatoms. The Morgan fingerprint density at radius 3 is 2.29 bits per heavy atom. The van der Waals surface area contributed by atoms with Crippen LogP contribution in [0.3, 0.4) is 0 Å². The molecular weight excluding hydrogens is 454 g/mol. The first-order valence-electron chi connectivity index (χ1n) is 10.4. The second-order valence-corrected chi connectivity index (χ2v) is 8.69. The Labute approximate surface area is 196 Å². The number of rotatable bonds is 4. The molecule has 1 aliphatic carbocycles. The first-order chi connectivity index (χ1) is 16.6. The third-order valence-electron chi connectivity index (χ3n) is 6.02. The molecule has 168 valence electrons. The third-order valence-corrected chi connectivity index (χ3v) is 7.09. The van der Waals surface area contributed by atoms with Crippen LogP contribution in [0.5, 0.6) is 17.2 Å². The van der Waals surface area contributed by atoms with Gasteiger partial charge >= 0.3 is 0 Å². The highest BCUT2D eigenvalue weighted by molar-refractivity contribution is 7.25. The highest BCUT2D eigenvalue weighted by Crippen LogP contribution is 2.49. The number of hydrogen-bond acceptors (Lipinski definition) is 8. The molecule has 3 heterocycles. The normalized spacial score (nSPS) is 12.1. The Morgan fingerprint density at radius 1 is 0.912 bits per heavy atom. The number of fused-ring (bicyclic) bond motifs is 6. The lowest BCUT2D eigenvalue weighted by atomic mass is 9.94. The minimum Gasteiger partial charge on any atom is -0.493 e. The molecule has 0 unspecified atom stereocenters. The fourth-order valence-electron chi connectivity index (χ4n) is 4.57. The van der Waals surface area contributed by atoms with Crippen LogP contribution in [0.15, 0.2) is 47.5 Å². The standard InChI is InChI=1S/C25H17N3O5S/c1-31-14-8-11(9-15(32-2)22(14)33-3)16-17-19(12-6-4-5-7-13(12)21(17)29)28-25-18(16)20-23(34-25)24(30)27-10-26-20/h4-10H,1-3H3,(H,26,27,30). The van der Waals surface area contributed by atoms with Gasteiger partial charge in [0.1, 0.15) is 9.53 Å². The maximum Gasteiger partial charge on any atom is 0.268 e. The summed E-state index contributed by atoms with van der Waals surface area (Å²) in [7, 11) is 4.61. The summed E-state index contributed by atoms with van der Waals surface area (Å²) in [5, 5.41) is 0.639. The van der Waals surface area contributed by atoms with E-state index in [2.05, 4.69) is 9.97 Å². The zero-order chi connectivity index (χ0) is 23.6. The van der Waals surface area contributed by atoms with Crippen molar-refractivity contribution in [3.05, 3.63) is 64.2 Å². The van der Waals surface area contributed by atoms with Gasteiger partial charge in [0.2, 0.25) is 5.75 Å². The SMILES string of the molecule is COc1cc(-c2c3c(nc4sc5c(=O)[nH]cnc5c24)-c2ccccc2C3=O)cc(OC)c1OC. The minimum absolute atomic E-state index is 0.132. The maximum absolute atomic E-state index is 13.7. The molecule has 0 saturated heterocycles. The molecule has 8 nitrogen and oxygen atoms in total. The van der Waals surface area contributed by atoms with Crippen molar-refractivity contribution in [3.8, 4) is 39.6 Å². The van der Waals surface area contributed by atoms with Crippen molar-refractivity contribution in [2.45, 2.75) is 0 Å². The van der Waals surface area contributed by atoms with Gasteiger partial charge < -0.3 is 19.2 Å². The molecule has 0 bridgehead atoms. The number of hydrogen-bond donors (Lipinski definition) is 1. The number of ether oxygens (including phenoxy) is 3. The Hall–Kier alpha value is -4.24. The molecule has 1 aliphatic rings. The Morgan fingerprint density at radius 2 is 1.62 bits per heavy atom. The number of ketones is 1. The molecular formula is C25H17N3O5S. The third kappa shape index (κ3) is 2.64. The van der Waals surface area contributed by atoms with Crippen LogP contribution >= 0.6 is 11.3 Å². The van der Waals surface area contributed by atoms with Crippen molar-refractivity contribution in [1.82, 2.24) is 15.0 Å². The van der Waals surface area contributed by atoms with Crippen LogP contribution in [0.4, 0.5) is 0 Å². The summed E-state index contributed by atoms with van der Waals surface area (Å²) in [6.45, 7) is 0.